The van der Waals surface area contributed by atoms with Crippen LogP contribution in [0.1, 0.15) is 50.1 Å². The summed E-state index contributed by atoms with van der Waals surface area (Å²) in [6, 6.07) is 0. The molecule has 0 spiro atoms. The number of likely N-dealkylation sites (N-methyl/N-ethyl adjacent to an activating group) is 1. The summed E-state index contributed by atoms with van der Waals surface area (Å²) in [5.74, 6) is -0.327. The number of aromatic nitrogens is 1. The summed E-state index contributed by atoms with van der Waals surface area (Å²) in [5, 5.41) is 18.0. The Morgan fingerprint density at radius 1 is 1.41 bits per heavy atom. The lowest BCUT2D eigenvalue weighted by molar-refractivity contribution is -0.849. The molecule has 0 saturated heterocycles. The molecule has 180 valence electrons. The maximum Gasteiger partial charge on any atom is 0.281 e. The van der Waals surface area contributed by atoms with Gasteiger partial charge in [0.15, 0.2) is 11.7 Å². The van der Waals surface area contributed by atoms with Crippen LogP contribution in [0.3, 0.4) is 0 Å². The predicted molar refractivity (Wildman–Crippen MR) is 125 cm³/mol. The van der Waals surface area contributed by atoms with Gasteiger partial charge in [-0.3, -0.25) is 14.9 Å². The van der Waals surface area contributed by atoms with Crippen molar-refractivity contribution in [2.45, 2.75) is 52.1 Å². The molecule has 0 unspecified atom stereocenters. The fourth-order valence-corrected chi connectivity index (χ4v) is 7.00. The van der Waals surface area contributed by atoms with Gasteiger partial charge >= 0.3 is 0 Å². The highest BCUT2D eigenvalue weighted by Crippen LogP contribution is 2.57. The molecule has 2 amide bonds. The van der Waals surface area contributed by atoms with Crippen LogP contribution in [0, 0.1) is 23.2 Å². The van der Waals surface area contributed by atoms with Gasteiger partial charge in [-0.2, -0.15) is 0 Å². The molecule has 6 atom stereocenters. The Hall–Kier alpha value is -1.55. The molecule has 1 aromatic rings. The van der Waals surface area contributed by atoms with Gasteiger partial charge in [-0.25, -0.2) is 4.98 Å². The van der Waals surface area contributed by atoms with Crippen LogP contribution in [-0.2, 0) is 20.7 Å². The molecule has 3 rings (SSSR count). The second-order valence-corrected chi connectivity index (χ2v) is 11.3. The molecule has 1 aromatic heterocycles. The normalized spacial score (nSPS) is 30.4. The molecule has 1 saturated carbocycles. The number of nitrogens with zero attached hydrogens (tertiary/aromatic N) is 1. The Bertz CT molecular complexity index is 829. The first kappa shape index (κ1) is 25.1. The van der Waals surface area contributed by atoms with Crippen molar-refractivity contribution in [2.24, 2.45) is 23.2 Å². The zero-order valence-corrected chi connectivity index (χ0v) is 21.0. The smallest absolute Gasteiger partial charge is 0.281 e. The predicted octanol–water partition coefficient (Wildman–Crippen LogP) is 0.678. The van der Waals surface area contributed by atoms with Crippen molar-refractivity contribution in [1.29, 1.82) is 0 Å². The number of ether oxygens (including phenoxy) is 1. The topological polar surface area (TPSA) is 105 Å². The van der Waals surface area contributed by atoms with Gasteiger partial charge < -0.3 is 20.1 Å². The molecule has 2 aliphatic rings. The monoisotopic (exact) mass is 467 g/mol. The molecular formula is C23H39N4O4S+. The molecular weight excluding hydrogens is 428 g/mol. The van der Waals surface area contributed by atoms with E-state index in [-0.39, 0.29) is 40.9 Å². The van der Waals surface area contributed by atoms with Gasteiger partial charge in [-0.05, 0) is 36.5 Å². The number of thiazole rings is 1. The number of carbonyl (C=O) groups excluding carboxylic acids is 2. The largest absolute Gasteiger partial charge is 0.392 e. The average Bonchev–Trinajstić information content (AvgIpc) is 3.08. The highest BCUT2D eigenvalue weighted by atomic mass is 32.1. The van der Waals surface area contributed by atoms with Crippen LogP contribution in [0.2, 0.25) is 0 Å². The minimum absolute atomic E-state index is 0.0273. The van der Waals surface area contributed by atoms with E-state index in [2.05, 4.69) is 24.5 Å². The van der Waals surface area contributed by atoms with Crippen LogP contribution in [0.25, 0.3) is 0 Å². The lowest BCUT2D eigenvalue weighted by Gasteiger charge is -2.53. The molecule has 9 heteroatoms. The van der Waals surface area contributed by atoms with Crippen molar-refractivity contribution in [1.82, 2.24) is 10.3 Å². The van der Waals surface area contributed by atoms with Crippen LogP contribution in [0.5, 0.6) is 0 Å². The number of amides is 2. The Labute approximate surface area is 195 Å². The second kappa shape index (κ2) is 10.2. The van der Waals surface area contributed by atoms with Gasteiger partial charge in [0.25, 0.3) is 5.91 Å². The number of hydrogen-bond acceptors (Lipinski definition) is 6. The number of aliphatic hydroxyl groups is 1. The summed E-state index contributed by atoms with van der Waals surface area (Å²) in [5.41, 5.74) is 0.942. The number of quaternary nitrogens is 1. The first-order chi connectivity index (χ1) is 15.1. The standard InChI is InChI=1S/C23H38N4O4S/c1-13(21(30)24-9-10-31-6)15-7-8-23(3)11-16-19(14(2)18(23)20(15)29)26-22(32-16)25-17(28)12-27(4)5/h13-15,18,20,29H,7-12H2,1-6H3,(H,24,30)(H,25,26,28)/p+1/t13-,14-,15+,18+,20-,23-/m0/s1. The van der Waals surface area contributed by atoms with Crippen LogP contribution in [-0.4, -0.2) is 68.9 Å². The summed E-state index contributed by atoms with van der Waals surface area (Å²) in [6.07, 6.45) is 2.06. The molecule has 1 fully saturated rings. The fourth-order valence-electron chi connectivity index (χ4n) is 5.72. The van der Waals surface area contributed by atoms with E-state index < -0.39 is 6.10 Å². The molecule has 4 N–H and O–H groups in total. The summed E-state index contributed by atoms with van der Waals surface area (Å²) < 4.78 is 5.02. The number of rotatable bonds is 8. The van der Waals surface area contributed by atoms with E-state index in [9.17, 15) is 14.7 Å². The summed E-state index contributed by atoms with van der Waals surface area (Å²) in [4.78, 5) is 31.9. The van der Waals surface area contributed by atoms with Gasteiger partial charge in [0, 0.05) is 30.4 Å². The van der Waals surface area contributed by atoms with Crippen LogP contribution < -0.4 is 15.5 Å². The number of hydrogen-bond donors (Lipinski definition) is 4. The summed E-state index contributed by atoms with van der Waals surface area (Å²) in [6.45, 7) is 7.65. The van der Waals surface area contributed by atoms with Crippen LogP contribution in [0.15, 0.2) is 0 Å². The van der Waals surface area contributed by atoms with E-state index in [0.29, 0.717) is 24.8 Å². The zero-order chi connectivity index (χ0) is 23.6. The highest BCUT2D eigenvalue weighted by Gasteiger charge is 2.53. The van der Waals surface area contributed by atoms with Crippen molar-refractivity contribution in [2.75, 3.05) is 46.2 Å². The molecule has 32 heavy (non-hydrogen) atoms. The summed E-state index contributed by atoms with van der Waals surface area (Å²) >= 11 is 1.56. The number of nitrogens with one attached hydrogen (secondary N) is 3. The van der Waals surface area contributed by atoms with Gasteiger partial charge in [-0.15, -0.1) is 11.3 Å². The van der Waals surface area contributed by atoms with E-state index in [1.807, 2.05) is 21.0 Å². The fraction of sp³-hybridized carbons (Fsp3) is 0.783. The minimum atomic E-state index is -0.572. The number of carbonyl (C=O) groups is 2. The Kier molecular flexibility index (Phi) is 7.96. The highest BCUT2D eigenvalue weighted by molar-refractivity contribution is 7.15. The van der Waals surface area contributed by atoms with Crippen molar-refractivity contribution >= 4 is 28.3 Å². The van der Waals surface area contributed by atoms with Crippen LogP contribution >= 0.6 is 11.3 Å². The number of aliphatic hydroxyl groups excluding tert-OH is 1. The molecule has 8 nitrogen and oxygen atoms in total. The van der Waals surface area contributed by atoms with E-state index in [1.165, 1.54) is 4.88 Å². The van der Waals surface area contributed by atoms with E-state index >= 15 is 0 Å². The third-order valence-electron chi connectivity index (χ3n) is 7.34. The maximum absolute atomic E-state index is 12.6. The van der Waals surface area contributed by atoms with Crippen molar-refractivity contribution in [3.05, 3.63) is 10.6 Å². The van der Waals surface area contributed by atoms with Gasteiger partial charge in [-0.1, -0.05) is 20.8 Å². The number of anilines is 1. The van der Waals surface area contributed by atoms with Gasteiger partial charge in [0.1, 0.15) is 0 Å². The van der Waals surface area contributed by atoms with E-state index in [1.54, 1.807) is 18.4 Å². The van der Waals surface area contributed by atoms with E-state index in [0.717, 1.165) is 29.9 Å². The van der Waals surface area contributed by atoms with Gasteiger partial charge in [0.2, 0.25) is 5.91 Å². The Morgan fingerprint density at radius 3 is 2.78 bits per heavy atom. The van der Waals surface area contributed by atoms with Crippen molar-refractivity contribution in [3.8, 4) is 0 Å². The van der Waals surface area contributed by atoms with Gasteiger partial charge in [0.05, 0.1) is 32.5 Å². The maximum atomic E-state index is 12.6. The number of methoxy groups -OCH3 is 1. The SMILES string of the molecule is COCCNC(=O)[C@@H](C)[C@H]1CC[C@@]2(C)Cc3sc(NC(=O)C[NH+](C)C)nc3[C@@H](C)[C@@H]2[C@H]1O. The first-order valence-corrected chi connectivity index (χ1v) is 12.4. The van der Waals surface area contributed by atoms with Crippen molar-refractivity contribution < 1.29 is 24.3 Å². The zero-order valence-electron chi connectivity index (χ0n) is 20.2. The lowest BCUT2D eigenvalue weighted by Crippen LogP contribution is -3.06. The molecule has 0 aromatic carbocycles. The number of fused-ring (bicyclic) bond motifs is 2. The third-order valence-corrected chi connectivity index (χ3v) is 8.33. The Balaban J connectivity index is 1.76. The lowest BCUT2D eigenvalue weighted by atomic mass is 9.53. The quantitative estimate of drug-likeness (QED) is 0.421. The molecule has 2 aliphatic carbocycles. The Morgan fingerprint density at radius 2 is 2.12 bits per heavy atom. The summed E-state index contributed by atoms with van der Waals surface area (Å²) in [7, 11) is 5.49. The van der Waals surface area contributed by atoms with E-state index in [4.69, 9.17) is 9.72 Å². The minimum Gasteiger partial charge on any atom is -0.392 e. The van der Waals surface area contributed by atoms with Crippen LogP contribution in [0.4, 0.5) is 5.13 Å². The van der Waals surface area contributed by atoms with Crippen molar-refractivity contribution in [3.63, 3.8) is 0 Å². The molecule has 0 aliphatic heterocycles. The molecule has 0 radical (unpaired) electrons. The second-order valence-electron chi connectivity index (χ2n) is 10.2. The third kappa shape index (κ3) is 5.16. The molecule has 0 bridgehead atoms. The first-order valence-electron chi connectivity index (χ1n) is 11.6. The average molecular weight is 468 g/mol. The molecule has 1 heterocycles.